The van der Waals surface area contributed by atoms with E-state index in [0.717, 1.165) is 0 Å². The van der Waals surface area contributed by atoms with Crippen molar-refractivity contribution in [2.24, 2.45) is 0 Å². The van der Waals surface area contributed by atoms with Crippen LogP contribution in [0.2, 0.25) is 0 Å². The molecule has 0 saturated carbocycles. The molecule has 0 bridgehead atoms. The molecule has 2 heterocycles. The van der Waals surface area contributed by atoms with Gasteiger partial charge in [0.05, 0.1) is 6.61 Å². The van der Waals surface area contributed by atoms with Crippen molar-refractivity contribution in [1.82, 2.24) is 0 Å². The van der Waals surface area contributed by atoms with E-state index in [-0.39, 0.29) is 20.0 Å². The standard InChI is InChI=1S/C13H20O8/c1-8(14)20-10-9(17-7-16-4)5-18-13(11(10)15)6-19-12(2,3)21-13/h9-10H,5-7H2,1-4H3/t9-,10-,13+/m1/s1. The van der Waals surface area contributed by atoms with Gasteiger partial charge in [-0.3, -0.25) is 9.59 Å². The van der Waals surface area contributed by atoms with Gasteiger partial charge in [-0.05, 0) is 13.8 Å². The Kier molecular flexibility index (Phi) is 4.64. The normalized spacial score (nSPS) is 35.1. The average molecular weight is 304 g/mol. The number of hydrogen-bond acceptors (Lipinski definition) is 8. The first-order chi connectivity index (χ1) is 9.80. The summed E-state index contributed by atoms with van der Waals surface area (Å²) in [4.78, 5) is 23.9. The minimum absolute atomic E-state index is 0.0203. The molecular formula is C13H20O8. The topological polar surface area (TPSA) is 89.5 Å². The van der Waals surface area contributed by atoms with Crippen LogP contribution in [0.15, 0.2) is 0 Å². The maximum atomic E-state index is 12.6. The molecular weight excluding hydrogens is 284 g/mol. The lowest BCUT2D eigenvalue weighted by molar-refractivity contribution is -0.280. The molecule has 21 heavy (non-hydrogen) atoms. The maximum Gasteiger partial charge on any atom is 0.303 e. The van der Waals surface area contributed by atoms with E-state index < -0.39 is 35.5 Å². The third kappa shape index (κ3) is 3.41. The van der Waals surface area contributed by atoms with Crippen LogP contribution in [0, 0.1) is 0 Å². The second kappa shape index (κ2) is 5.98. The summed E-state index contributed by atoms with van der Waals surface area (Å²) < 4.78 is 31.7. The lowest BCUT2D eigenvalue weighted by Gasteiger charge is -2.38. The Bertz CT molecular complexity index is 420. The van der Waals surface area contributed by atoms with Crippen LogP contribution in [0.1, 0.15) is 20.8 Å². The highest BCUT2D eigenvalue weighted by atomic mass is 16.8. The van der Waals surface area contributed by atoms with Gasteiger partial charge in [-0.1, -0.05) is 0 Å². The largest absolute Gasteiger partial charge is 0.451 e. The summed E-state index contributed by atoms with van der Waals surface area (Å²) in [6.45, 7) is 4.48. The summed E-state index contributed by atoms with van der Waals surface area (Å²) in [5.41, 5.74) is 0. The van der Waals surface area contributed by atoms with Gasteiger partial charge in [0.15, 0.2) is 11.9 Å². The van der Waals surface area contributed by atoms with Gasteiger partial charge in [-0.25, -0.2) is 0 Å². The second-order valence-corrected chi connectivity index (χ2v) is 5.36. The zero-order chi connectivity index (χ0) is 15.7. The molecule has 3 atom stereocenters. The van der Waals surface area contributed by atoms with Crippen LogP contribution in [-0.2, 0) is 38.0 Å². The van der Waals surface area contributed by atoms with E-state index in [1.807, 2.05) is 0 Å². The first kappa shape index (κ1) is 16.3. The molecule has 2 rings (SSSR count). The lowest BCUT2D eigenvalue weighted by Crippen LogP contribution is -2.61. The molecule has 1 spiro atoms. The summed E-state index contributed by atoms with van der Waals surface area (Å²) in [5.74, 6) is -3.63. The van der Waals surface area contributed by atoms with Crippen LogP contribution >= 0.6 is 0 Å². The lowest BCUT2D eigenvalue weighted by atomic mass is 9.99. The Balaban J connectivity index is 2.17. The third-order valence-electron chi connectivity index (χ3n) is 3.17. The molecule has 0 aromatic rings. The molecule has 2 aliphatic heterocycles. The number of carbonyl (C=O) groups is 2. The number of ether oxygens (including phenoxy) is 6. The van der Waals surface area contributed by atoms with E-state index in [4.69, 9.17) is 28.4 Å². The molecule has 0 aromatic heterocycles. The predicted molar refractivity (Wildman–Crippen MR) is 67.1 cm³/mol. The highest BCUT2D eigenvalue weighted by Gasteiger charge is 2.59. The van der Waals surface area contributed by atoms with Crippen molar-refractivity contribution in [2.75, 3.05) is 27.1 Å². The molecule has 0 aromatic carbocycles. The van der Waals surface area contributed by atoms with Gasteiger partial charge in [-0.2, -0.15) is 0 Å². The molecule has 0 aliphatic carbocycles. The zero-order valence-corrected chi connectivity index (χ0v) is 12.5. The molecule has 2 fully saturated rings. The number of methoxy groups -OCH3 is 1. The van der Waals surface area contributed by atoms with Crippen molar-refractivity contribution in [3.8, 4) is 0 Å². The van der Waals surface area contributed by atoms with Gasteiger partial charge in [0.1, 0.15) is 19.5 Å². The Labute approximate surface area is 122 Å². The minimum Gasteiger partial charge on any atom is -0.451 e. The van der Waals surface area contributed by atoms with Gasteiger partial charge in [-0.15, -0.1) is 0 Å². The van der Waals surface area contributed by atoms with E-state index >= 15 is 0 Å². The highest BCUT2D eigenvalue weighted by molar-refractivity contribution is 5.93. The number of hydrogen-bond donors (Lipinski definition) is 0. The number of carbonyl (C=O) groups excluding carboxylic acids is 2. The van der Waals surface area contributed by atoms with Crippen molar-refractivity contribution in [1.29, 1.82) is 0 Å². The van der Waals surface area contributed by atoms with E-state index in [9.17, 15) is 9.59 Å². The molecule has 2 saturated heterocycles. The van der Waals surface area contributed by atoms with Crippen LogP contribution in [0.5, 0.6) is 0 Å². The van der Waals surface area contributed by atoms with Gasteiger partial charge >= 0.3 is 5.97 Å². The van der Waals surface area contributed by atoms with Crippen LogP contribution < -0.4 is 0 Å². The Morgan fingerprint density at radius 3 is 2.62 bits per heavy atom. The smallest absolute Gasteiger partial charge is 0.303 e. The minimum atomic E-state index is -1.56. The molecule has 8 heteroatoms. The van der Waals surface area contributed by atoms with Crippen molar-refractivity contribution < 1.29 is 38.0 Å². The van der Waals surface area contributed by atoms with E-state index in [2.05, 4.69) is 0 Å². The van der Waals surface area contributed by atoms with Gasteiger partial charge in [0, 0.05) is 14.0 Å². The fourth-order valence-electron chi connectivity index (χ4n) is 2.28. The number of rotatable bonds is 4. The SMILES string of the molecule is COCO[C@@H]1CO[C@]2(COC(C)(C)O2)C(=O)[C@@H]1OC(C)=O. The van der Waals surface area contributed by atoms with Gasteiger partial charge < -0.3 is 28.4 Å². The van der Waals surface area contributed by atoms with E-state index in [1.165, 1.54) is 14.0 Å². The van der Waals surface area contributed by atoms with E-state index in [0.29, 0.717) is 0 Å². The van der Waals surface area contributed by atoms with Gasteiger partial charge in [0.25, 0.3) is 5.79 Å². The average Bonchev–Trinajstić information content (AvgIpc) is 2.71. The summed E-state index contributed by atoms with van der Waals surface area (Å²) in [6.07, 6.45) is -1.87. The monoisotopic (exact) mass is 304 g/mol. The number of ketones is 1. The fraction of sp³-hybridized carbons (Fsp3) is 0.846. The van der Waals surface area contributed by atoms with Gasteiger partial charge in [0.2, 0.25) is 5.78 Å². The first-order valence-corrected chi connectivity index (χ1v) is 6.60. The number of Topliss-reactive ketones (excluding diaryl/α,β-unsaturated/α-hetero) is 1. The zero-order valence-electron chi connectivity index (χ0n) is 12.5. The molecule has 0 radical (unpaired) electrons. The first-order valence-electron chi connectivity index (χ1n) is 6.60. The molecule has 0 N–H and O–H groups in total. The summed E-state index contributed by atoms with van der Waals surface area (Å²) in [6, 6.07) is 0. The predicted octanol–water partition coefficient (Wildman–Crippen LogP) is -0.0143. The Hall–Kier alpha value is -1.06. The van der Waals surface area contributed by atoms with Crippen molar-refractivity contribution in [3.63, 3.8) is 0 Å². The molecule has 8 nitrogen and oxygen atoms in total. The summed E-state index contributed by atoms with van der Waals surface area (Å²) >= 11 is 0. The highest BCUT2D eigenvalue weighted by Crippen LogP contribution is 2.37. The molecule has 120 valence electrons. The summed E-state index contributed by atoms with van der Waals surface area (Å²) in [5, 5.41) is 0. The quantitative estimate of drug-likeness (QED) is 0.529. The third-order valence-corrected chi connectivity index (χ3v) is 3.17. The van der Waals surface area contributed by atoms with E-state index in [1.54, 1.807) is 13.8 Å². The number of esters is 1. The summed E-state index contributed by atoms with van der Waals surface area (Å²) in [7, 11) is 1.45. The van der Waals surface area contributed by atoms with Crippen molar-refractivity contribution in [2.45, 2.75) is 44.6 Å². The molecule has 0 unspecified atom stereocenters. The maximum absolute atomic E-state index is 12.6. The second-order valence-electron chi connectivity index (χ2n) is 5.36. The Morgan fingerprint density at radius 2 is 2.10 bits per heavy atom. The van der Waals surface area contributed by atoms with Crippen LogP contribution in [0.25, 0.3) is 0 Å². The van der Waals surface area contributed by atoms with Crippen molar-refractivity contribution in [3.05, 3.63) is 0 Å². The van der Waals surface area contributed by atoms with Crippen molar-refractivity contribution >= 4 is 11.8 Å². The molecule has 2 aliphatic rings. The van der Waals surface area contributed by atoms with Crippen LogP contribution in [0.3, 0.4) is 0 Å². The van der Waals surface area contributed by atoms with Crippen LogP contribution in [0.4, 0.5) is 0 Å². The van der Waals surface area contributed by atoms with Crippen LogP contribution in [-0.4, -0.2) is 62.7 Å². The fourth-order valence-corrected chi connectivity index (χ4v) is 2.28. The molecule has 0 amide bonds. The Morgan fingerprint density at radius 1 is 1.38 bits per heavy atom.